The van der Waals surface area contributed by atoms with Crippen molar-refractivity contribution in [1.82, 2.24) is 0 Å². The summed E-state index contributed by atoms with van der Waals surface area (Å²) in [5.74, 6) is -1.73. The van der Waals surface area contributed by atoms with Gasteiger partial charge in [0.15, 0.2) is 6.10 Å². The number of aliphatic carboxylic acids is 1. The lowest BCUT2D eigenvalue weighted by molar-refractivity contribution is -0.889. The Morgan fingerprint density at radius 2 is 0.945 bits per heavy atom. The van der Waals surface area contributed by atoms with Gasteiger partial charge in [0.25, 0.3) is 0 Å². The van der Waals surface area contributed by atoms with Crippen LogP contribution in [-0.2, 0) is 28.6 Å². The maximum Gasteiger partial charge on any atom is 0.306 e. The molecule has 0 saturated heterocycles. The fourth-order valence-electron chi connectivity index (χ4n) is 6.77. The lowest BCUT2D eigenvalue weighted by Crippen LogP contribution is -2.55. The minimum absolute atomic E-state index is 0.0433. The van der Waals surface area contributed by atoms with Crippen LogP contribution in [0, 0.1) is 0 Å². The van der Waals surface area contributed by atoms with Gasteiger partial charge in [-0.15, -0.1) is 0 Å². The van der Waals surface area contributed by atoms with E-state index in [1.54, 1.807) is 21.1 Å². The standard InChI is InChI=1S/C47H87NO7/c1-6-8-10-12-14-16-18-19-20-21-22-23-24-25-26-28-30-32-34-36-38-46(50)55-43(41-53-40-39-44(47(51)52)48(3,4)5)42-54-45(49)37-35-33-31-29-27-17-15-13-11-9-7-2/h16,18-20,43-44H,6-15,17,21-42H2,1-5H3/b18-16+,20-19+. The summed E-state index contributed by atoms with van der Waals surface area (Å²) in [6, 6.07) is -0.723. The molecule has 0 spiro atoms. The molecule has 0 amide bonds. The predicted octanol–water partition coefficient (Wildman–Crippen LogP) is 11.1. The van der Waals surface area contributed by atoms with Gasteiger partial charge in [0.05, 0.1) is 40.3 Å². The fourth-order valence-corrected chi connectivity index (χ4v) is 6.77. The number of carbonyl (C=O) groups is 3. The number of allylic oxidation sites excluding steroid dienone is 4. The summed E-state index contributed by atoms with van der Waals surface area (Å²) in [6.45, 7) is 4.65. The van der Waals surface area contributed by atoms with E-state index in [9.17, 15) is 19.5 Å². The first kappa shape index (κ1) is 52.8. The molecule has 0 heterocycles. The number of hydrogen-bond acceptors (Lipinski definition) is 7. The van der Waals surface area contributed by atoms with Gasteiger partial charge in [-0.2, -0.15) is 0 Å². The second kappa shape index (κ2) is 38.7. The first-order chi connectivity index (χ1) is 26.6. The van der Waals surface area contributed by atoms with Crippen LogP contribution in [0.4, 0.5) is 0 Å². The van der Waals surface area contributed by atoms with Crippen LogP contribution in [0.25, 0.3) is 0 Å². The van der Waals surface area contributed by atoms with E-state index in [1.807, 2.05) is 0 Å². The van der Waals surface area contributed by atoms with Crippen molar-refractivity contribution in [3.8, 4) is 0 Å². The van der Waals surface area contributed by atoms with Gasteiger partial charge >= 0.3 is 11.9 Å². The van der Waals surface area contributed by atoms with Crippen LogP contribution in [0.2, 0.25) is 0 Å². The molecule has 0 aliphatic carbocycles. The molecule has 0 aliphatic heterocycles. The van der Waals surface area contributed by atoms with E-state index >= 15 is 0 Å². The van der Waals surface area contributed by atoms with E-state index in [-0.39, 0.29) is 42.7 Å². The largest absolute Gasteiger partial charge is 0.544 e. The van der Waals surface area contributed by atoms with Crippen molar-refractivity contribution >= 4 is 17.9 Å². The van der Waals surface area contributed by atoms with E-state index in [4.69, 9.17) is 14.2 Å². The molecule has 0 saturated carbocycles. The molecule has 55 heavy (non-hydrogen) atoms. The number of likely N-dealkylation sites (N-methyl/N-ethyl adjacent to an activating group) is 1. The van der Waals surface area contributed by atoms with E-state index in [0.717, 1.165) is 38.5 Å². The summed E-state index contributed by atoms with van der Waals surface area (Å²) in [6.07, 6.45) is 42.0. The Labute approximate surface area is 339 Å². The Kier molecular flexibility index (Phi) is 37.1. The normalized spacial score (nSPS) is 13.1. The van der Waals surface area contributed by atoms with Crippen molar-refractivity contribution in [2.24, 2.45) is 0 Å². The van der Waals surface area contributed by atoms with E-state index in [1.165, 1.54) is 135 Å². The molecule has 0 aromatic carbocycles. The van der Waals surface area contributed by atoms with Gasteiger partial charge in [0, 0.05) is 19.3 Å². The highest BCUT2D eigenvalue weighted by molar-refractivity contribution is 5.70. The van der Waals surface area contributed by atoms with Crippen molar-refractivity contribution in [3.05, 3.63) is 24.3 Å². The molecule has 8 nitrogen and oxygen atoms in total. The Balaban J connectivity index is 4.26. The number of carboxylic acid groups (broad SMARTS) is 1. The molecule has 0 rings (SSSR count). The van der Waals surface area contributed by atoms with Crippen LogP contribution in [0.1, 0.15) is 206 Å². The minimum Gasteiger partial charge on any atom is -0.544 e. The van der Waals surface area contributed by atoms with Crippen LogP contribution < -0.4 is 5.11 Å². The van der Waals surface area contributed by atoms with Crippen molar-refractivity contribution in [2.75, 3.05) is 41.0 Å². The number of hydrogen-bond donors (Lipinski definition) is 0. The summed E-state index contributed by atoms with van der Waals surface area (Å²) in [7, 11) is 5.41. The van der Waals surface area contributed by atoms with Gasteiger partial charge < -0.3 is 28.6 Å². The third-order valence-corrected chi connectivity index (χ3v) is 10.4. The third kappa shape index (κ3) is 37.2. The van der Waals surface area contributed by atoms with Crippen LogP contribution in [0.3, 0.4) is 0 Å². The highest BCUT2D eigenvalue weighted by atomic mass is 16.6. The van der Waals surface area contributed by atoms with Gasteiger partial charge in [0.1, 0.15) is 12.6 Å². The average Bonchev–Trinajstić information content (AvgIpc) is 3.14. The zero-order valence-corrected chi connectivity index (χ0v) is 36.6. The molecule has 0 fully saturated rings. The summed E-state index contributed by atoms with van der Waals surface area (Å²) in [4.78, 5) is 36.8. The number of ether oxygens (including phenoxy) is 3. The number of carbonyl (C=O) groups excluding carboxylic acids is 3. The highest BCUT2D eigenvalue weighted by Crippen LogP contribution is 2.15. The van der Waals surface area contributed by atoms with Crippen LogP contribution in [0.5, 0.6) is 0 Å². The van der Waals surface area contributed by atoms with E-state index in [0.29, 0.717) is 12.8 Å². The molecular weight excluding hydrogens is 691 g/mol. The second-order valence-corrected chi connectivity index (χ2v) is 16.7. The van der Waals surface area contributed by atoms with Crippen molar-refractivity contribution in [2.45, 2.75) is 219 Å². The molecule has 0 bridgehead atoms. The van der Waals surface area contributed by atoms with Gasteiger partial charge in [-0.1, -0.05) is 173 Å². The summed E-state index contributed by atoms with van der Waals surface area (Å²) >= 11 is 0. The van der Waals surface area contributed by atoms with Crippen molar-refractivity contribution in [3.63, 3.8) is 0 Å². The second-order valence-electron chi connectivity index (χ2n) is 16.7. The number of quaternary nitrogens is 1. The fraction of sp³-hybridized carbons (Fsp3) is 0.851. The molecule has 0 aliphatic rings. The van der Waals surface area contributed by atoms with Crippen LogP contribution in [-0.4, -0.2) is 75.5 Å². The van der Waals surface area contributed by atoms with Crippen LogP contribution >= 0.6 is 0 Å². The van der Waals surface area contributed by atoms with Crippen molar-refractivity contribution < 1.29 is 38.2 Å². The number of nitrogens with zero attached hydrogens (tertiary/aromatic N) is 1. The van der Waals surface area contributed by atoms with Gasteiger partial charge in [-0.05, 0) is 38.5 Å². The average molecular weight is 778 g/mol. The maximum atomic E-state index is 12.7. The quantitative estimate of drug-likeness (QED) is 0.0264. The zero-order valence-electron chi connectivity index (χ0n) is 36.6. The molecule has 0 N–H and O–H groups in total. The Morgan fingerprint density at radius 3 is 1.38 bits per heavy atom. The van der Waals surface area contributed by atoms with Crippen molar-refractivity contribution in [1.29, 1.82) is 0 Å². The van der Waals surface area contributed by atoms with Gasteiger partial charge in [0.2, 0.25) is 0 Å². The van der Waals surface area contributed by atoms with E-state index < -0.39 is 18.1 Å². The summed E-state index contributed by atoms with van der Waals surface area (Å²) < 4.78 is 17.2. The molecule has 0 radical (unpaired) electrons. The topological polar surface area (TPSA) is 102 Å². The molecule has 0 aromatic rings. The number of carboxylic acids is 1. The number of unbranched alkanes of at least 4 members (excludes halogenated alkanes) is 24. The smallest absolute Gasteiger partial charge is 0.306 e. The third-order valence-electron chi connectivity index (χ3n) is 10.4. The lowest BCUT2D eigenvalue weighted by Gasteiger charge is -2.34. The minimum atomic E-state index is -1.12. The Bertz CT molecular complexity index is 957. The first-order valence-corrected chi connectivity index (χ1v) is 22.9. The monoisotopic (exact) mass is 778 g/mol. The molecular formula is C47H87NO7. The Hall–Kier alpha value is -2.19. The Morgan fingerprint density at radius 1 is 0.545 bits per heavy atom. The molecule has 2 unspecified atom stereocenters. The summed E-state index contributed by atoms with van der Waals surface area (Å²) in [5, 5.41) is 11.6. The van der Waals surface area contributed by atoms with E-state index in [2.05, 4.69) is 38.2 Å². The molecule has 8 heteroatoms. The summed E-state index contributed by atoms with van der Waals surface area (Å²) in [5.41, 5.74) is 0. The zero-order chi connectivity index (χ0) is 40.7. The maximum absolute atomic E-state index is 12.7. The SMILES string of the molecule is CCCCCC/C=C/C=C/CCCCCCCCCCCCC(=O)OC(COCCC(C(=O)[O-])[N+](C)(C)C)COC(=O)CCCCCCCCCCCCC. The van der Waals surface area contributed by atoms with Crippen LogP contribution in [0.15, 0.2) is 24.3 Å². The number of rotatable bonds is 41. The molecule has 2 atom stereocenters. The predicted molar refractivity (Wildman–Crippen MR) is 227 cm³/mol. The first-order valence-electron chi connectivity index (χ1n) is 22.9. The van der Waals surface area contributed by atoms with Gasteiger partial charge in [-0.25, -0.2) is 0 Å². The van der Waals surface area contributed by atoms with Gasteiger partial charge in [-0.3, -0.25) is 9.59 Å². The lowest BCUT2D eigenvalue weighted by atomic mass is 10.1. The molecule has 322 valence electrons. The molecule has 0 aromatic heterocycles. The highest BCUT2D eigenvalue weighted by Gasteiger charge is 2.25. The number of esters is 2.